The first-order chi connectivity index (χ1) is 14.0. The molecule has 4 rings (SSSR count). The van der Waals surface area contributed by atoms with Gasteiger partial charge in [0.25, 0.3) is 5.56 Å². The fourth-order valence-electron chi connectivity index (χ4n) is 3.54. The molecule has 0 aliphatic carbocycles. The molecule has 0 amide bonds. The van der Waals surface area contributed by atoms with Gasteiger partial charge in [-0.15, -0.1) is 0 Å². The van der Waals surface area contributed by atoms with Gasteiger partial charge in [0.15, 0.2) is 11.9 Å². The molecule has 6 heteroatoms. The van der Waals surface area contributed by atoms with Crippen LogP contribution in [0.1, 0.15) is 47.4 Å². The molecule has 0 radical (unpaired) electrons. The third-order valence-corrected chi connectivity index (χ3v) is 5.07. The van der Waals surface area contributed by atoms with E-state index in [1.165, 1.54) is 0 Å². The number of aromatic amines is 1. The molecule has 0 saturated heterocycles. The Bertz CT molecular complexity index is 1290. The minimum Gasteiger partial charge on any atom is -0.451 e. The smallest absolute Gasteiger partial charge is 0.341 e. The number of hydrogen-bond acceptors (Lipinski definition) is 5. The van der Waals surface area contributed by atoms with E-state index < -0.39 is 12.1 Å². The topological polar surface area (TPSA) is 84.9 Å². The summed E-state index contributed by atoms with van der Waals surface area (Å²) in [4.78, 5) is 37.2. The Hall–Kier alpha value is -3.54. The lowest BCUT2D eigenvalue weighted by Crippen LogP contribution is -2.19. The highest BCUT2D eigenvalue weighted by Gasteiger charge is 2.22. The van der Waals surface area contributed by atoms with Crippen molar-refractivity contribution in [3.05, 3.63) is 81.5 Å². The number of pyridine rings is 1. The molecule has 0 unspecified atom stereocenters. The standard InChI is InChI=1S/C23H21N3O3/c1-4-17-20(13(2)15-9-5-7-11-18(15)24-17)23(28)29-14(3)21-25-19-12-8-6-10-16(19)22(27)26-21/h5-12,14H,4H2,1-3H3,(H,25,26,27)/t14-/m1/s1. The number of esters is 1. The molecule has 29 heavy (non-hydrogen) atoms. The number of ether oxygens (including phenoxy) is 1. The number of benzene rings is 2. The van der Waals surface area contributed by atoms with Gasteiger partial charge in [0, 0.05) is 5.39 Å². The number of para-hydroxylation sites is 2. The fourth-order valence-corrected chi connectivity index (χ4v) is 3.54. The largest absolute Gasteiger partial charge is 0.451 e. The third-order valence-electron chi connectivity index (χ3n) is 5.07. The molecule has 0 fully saturated rings. The number of nitrogens with one attached hydrogen (secondary N) is 1. The zero-order chi connectivity index (χ0) is 20.5. The van der Waals surface area contributed by atoms with Crippen molar-refractivity contribution in [1.82, 2.24) is 15.0 Å². The summed E-state index contributed by atoms with van der Waals surface area (Å²) < 4.78 is 5.69. The van der Waals surface area contributed by atoms with Gasteiger partial charge in [-0.1, -0.05) is 37.3 Å². The highest BCUT2D eigenvalue weighted by molar-refractivity contribution is 5.98. The molecule has 0 spiro atoms. The van der Waals surface area contributed by atoms with Crippen LogP contribution in [0.2, 0.25) is 0 Å². The van der Waals surface area contributed by atoms with Gasteiger partial charge in [-0.05, 0) is 44.0 Å². The van der Waals surface area contributed by atoms with Gasteiger partial charge in [0.2, 0.25) is 0 Å². The van der Waals surface area contributed by atoms with Crippen molar-refractivity contribution < 1.29 is 9.53 Å². The van der Waals surface area contributed by atoms with Crippen LogP contribution in [-0.2, 0) is 11.2 Å². The maximum Gasteiger partial charge on any atom is 0.341 e. The quantitative estimate of drug-likeness (QED) is 0.529. The molecule has 4 aromatic rings. The van der Waals surface area contributed by atoms with E-state index in [1.807, 2.05) is 44.2 Å². The lowest BCUT2D eigenvalue weighted by molar-refractivity contribution is 0.0317. The minimum atomic E-state index is -0.713. The Morgan fingerprint density at radius 2 is 1.66 bits per heavy atom. The van der Waals surface area contributed by atoms with Crippen molar-refractivity contribution in [3.63, 3.8) is 0 Å². The maximum atomic E-state index is 13.0. The van der Waals surface area contributed by atoms with Gasteiger partial charge in [-0.3, -0.25) is 9.78 Å². The van der Waals surface area contributed by atoms with Crippen molar-refractivity contribution in [2.24, 2.45) is 0 Å². The Morgan fingerprint density at radius 3 is 2.34 bits per heavy atom. The Labute approximate surface area is 167 Å². The normalized spacial score (nSPS) is 12.2. The first kappa shape index (κ1) is 18.8. The molecular weight excluding hydrogens is 366 g/mol. The second-order valence-electron chi connectivity index (χ2n) is 6.95. The number of hydrogen-bond donors (Lipinski definition) is 1. The average molecular weight is 387 g/mol. The molecule has 1 N–H and O–H groups in total. The molecule has 0 saturated carbocycles. The monoisotopic (exact) mass is 387 g/mol. The summed E-state index contributed by atoms with van der Waals surface area (Å²) in [5.41, 5.74) is 3.16. The molecule has 0 aliphatic rings. The number of fused-ring (bicyclic) bond motifs is 2. The van der Waals surface area contributed by atoms with Crippen LogP contribution in [0, 0.1) is 6.92 Å². The zero-order valence-corrected chi connectivity index (χ0v) is 16.5. The van der Waals surface area contributed by atoms with Gasteiger partial charge in [-0.25, -0.2) is 9.78 Å². The number of H-pyrrole nitrogens is 1. The third kappa shape index (κ3) is 3.38. The van der Waals surface area contributed by atoms with Crippen LogP contribution >= 0.6 is 0 Å². The van der Waals surface area contributed by atoms with E-state index in [-0.39, 0.29) is 5.56 Å². The van der Waals surface area contributed by atoms with Crippen LogP contribution in [0.5, 0.6) is 0 Å². The van der Waals surface area contributed by atoms with Crippen LogP contribution < -0.4 is 5.56 Å². The number of rotatable bonds is 4. The van der Waals surface area contributed by atoms with Crippen LogP contribution in [0.15, 0.2) is 53.3 Å². The summed E-state index contributed by atoms with van der Waals surface area (Å²) in [7, 11) is 0. The summed E-state index contributed by atoms with van der Waals surface area (Å²) in [6.07, 6.45) is -0.106. The molecule has 146 valence electrons. The number of aryl methyl sites for hydroxylation is 2. The van der Waals surface area contributed by atoms with E-state index in [4.69, 9.17) is 4.74 Å². The summed E-state index contributed by atoms with van der Waals surface area (Å²) >= 11 is 0. The van der Waals surface area contributed by atoms with E-state index in [9.17, 15) is 9.59 Å². The van der Waals surface area contributed by atoms with Crippen LogP contribution in [-0.4, -0.2) is 20.9 Å². The highest BCUT2D eigenvalue weighted by atomic mass is 16.5. The predicted molar refractivity (Wildman–Crippen MR) is 112 cm³/mol. The number of aromatic nitrogens is 3. The first-order valence-corrected chi connectivity index (χ1v) is 9.57. The zero-order valence-electron chi connectivity index (χ0n) is 16.5. The molecule has 0 aliphatic heterocycles. The fraction of sp³-hybridized carbons (Fsp3) is 0.217. The van der Waals surface area contributed by atoms with Crippen molar-refractivity contribution in [3.8, 4) is 0 Å². The summed E-state index contributed by atoms with van der Waals surface area (Å²) in [5.74, 6) is -0.160. The van der Waals surface area contributed by atoms with E-state index in [1.54, 1.807) is 25.1 Å². The van der Waals surface area contributed by atoms with Gasteiger partial charge in [-0.2, -0.15) is 0 Å². The molecule has 0 bridgehead atoms. The molecule has 2 aromatic carbocycles. The summed E-state index contributed by atoms with van der Waals surface area (Å²) in [5, 5.41) is 1.42. The lowest BCUT2D eigenvalue weighted by Gasteiger charge is -2.17. The van der Waals surface area contributed by atoms with Crippen LogP contribution in [0.4, 0.5) is 0 Å². The highest BCUT2D eigenvalue weighted by Crippen LogP contribution is 2.26. The van der Waals surface area contributed by atoms with E-state index in [2.05, 4.69) is 15.0 Å². The Kier molecular flexibility index (Phi) is 4.84. The van der Waals surface area contributed by atoms with Crippen LogP contribution in [0.25, 0.3) is 21.8 Å². The molecular formula is C23H21N3O3. The molecule has 6 nitrogen and oxygen atoms in total. The second kappa shape index (κ2) is 7.47. The maximum absolute atomic E-state index is 13.0. The van der Waals surface area contributed by atoms with E-state index >= 15 is 0 Å². The summed E-state index contributed by atoms with van der Waals surface area (Å²) in [6, 6.07) is 14.8. The SMILES string of the molecule is CCc1nc2ccccc2c(C)c1C(=O)O[C@H](C)c1nc2ccccc2c(=O)[nH]1. The predicted octanol–water partition coefficient (Wildman–Crippen LogP) is 4.26. The lowest BCUT2D eigenvalue weighted by atomic mass is 10.0. The number of nitrogens with zero attached hydrogens (tertiary/aromatic N) is 2. The van der Waals surface area contributed by atoms with Crippen molar-refractivity contribution in [2.45, 2.75) is 33.3 Å². The number of carbonyl (C=O) groups excluding carboxylic acids is 1. The van der Waals surface area contributed by atoms with Crippen molar-refractivity contribution in [2.75, 3.05) is 0 Å². The van der Waals surface area contributed by atoms with Gasteiger partial charge in [0.1, 0.15) is 0 Å². The number of carbonyl (C=O) groups is 1. The van der Waals surface area contributed by atoms with Crippen molar-refractivity contribution in [1.29, 1.82) is 0 Å². The first-order valence-electron chi connectivity index (χ1n) is 9.57. The van der Waals surface area contributed by atoms with Crippen LogP contribution in [0.3, 0.4) is 0 Å². The molecule has 2 heterocycles. The van der Waals surface area contributed by atoms with Gasteiger partial charge < -0.3 is 9.72 Å². The second-order valence-corrected chi connectivity index (χ2v) is 6.95. The van der Waals surface area contributed by atoms with E-state index in [0.29, 0.717) is 34.4 Å². The average Bonchev–Trinajstić information content (AvgIpc) is 2.73. The summed E-state index contributed by atoms with van der Waals surface area (Å²) in [6.45, 7) is 5.56. The van der Waals surface area contributed by atoms with Gasteiger partial charge in [0.05, 0.1) is 27.7 Å². The minimum absolute atomic E-state index is 0.258. The van der Waals surface area contributed by atoms with E-state index in [0.717, 1.165) is 16.5 Å². The van der Waals surface area contributed by atoms with Crippen molar-refractivity contribution >= 4 is 27.8 Å². The van der Waals surface area contributed by atoms with Gasteiger partial charge >= 0.3 is 5.97 Å². The molecule has 2 aromatic heterocycles. The Morgan fingerprint density at radius 1 is 1.03 bits per heavy atom. The molecule has 1 atom stereocenters. The Balaban J connectivity index is 1.71.